The van der Waals surface area contributed by atoms with Gasteiger partial charge in [-0.3, -0.25) is 9.69 Å². The molecule has 0 N–H and O–H groups in total. The van der Waals surface area contributed by atoms with Crippen molar-refractivity contribution in [3.63, 3.8) is 0 Å². The zero-order valence-corrected chi connectivity index (χ0v) is 19.1. The molecule has 6 nitrogen and oxygen atoms in total. The quantitative estimate of drug-likeness (QED) is 0.677. The Morgan fingerprint density at radius 3 is 2.10 bits per heavy atom. The lowest BCUT2D eigenvalue weighted by atomic mass is 10.1. The first-order chi connectivity index (χ1) is 13.9. The summed E-state index contributed by atoms with van der Waals surface area (Å²) in [7, 11) is -3.66. The van der Waals surface area contributed by atoms with Crippen LogP contribution in [0.25, 0.3) is 0 Å². The third-order valence-corrected chi connectivity index (χ3v) is 7.47. The zero-order valence-electron chi connectivity index (χ0n) is 18.3. The van der Waals surface area contributed by atoms with Gasteiger partial charge >= 0.3 is 0 Å². The van der Waals surface area contributed by atoms with E-state index in [1.54, 1.807) is 0 Å². The minimum atomic E-state index is -3.66. The Kier molecular flexibility index (Phi) is 6.23. The maximum atomic E-state index is 13.1. The second-order valence-electron chi connectivity index (χ2n) is 8.85. The van der Waals surface area contributed by atoms with Crippen molar-refractivity contribution in [1.29, 1.82) is 0 Å². The number of rotatable bonds is 5. The molecule has 0 radical (unpaired) electrons. The number of hydrogen-bond acceptors (Lipinski definition) is 4. The summed E-state index contributed by atoms with van der Waals surface area (Å²) in [6.45, 7) is 12.1. The lowest BCUT2D eigenvalue weighted by molar-refractivity contribution is 0.0901. The molecular weight excluding hydrogens is 405 g/mol. The molecule has 0 atom stereocenters. The highest BCUT2D eigenvalue weighted by molar-refractivity contribution is 7.89. The lowest BCUT2D eigenvalue weighted by Gasteiger charge is -2.33. The highest BCUT2D eigenvalue weighted by atomic mass is 32.2. The maximum Gasteiger partial charge on any atom is 0.243 e. The summed E-state index contributed by atoms with van der Waals surface area (Å²) in [5, 5.41) is 0. The molecule has 0 bridgehead atoms. The molecule has 1 aliphatic heterocycles. The normalized spacial score (nSPS) is 16.7. The fraction of sp³-hybridized carbons (Fsp3) is 0.500. The highest BCUT2D eigenvalue weighted by Gasteiger charge is 2.30. The summed E-state index contributed by atoms with van der Waals surface area (Å²) >= 11 is 0. The van der Waals surface area contributed by atoms with Crippen LogP contribution in [-0.4, -0.2) is 60.7 Å². The van der Waals surface area contributed by atoms with E-state index in [1.807, 2.05) is 24.8 Å². The van der Waals surface area contributed by atoms with Crippen LogP contribution in [0, 0.1) is 19.7 Å². The monoisotopic (exact) mass is 435 g/mol. The van der Waals surface area contributed by atoms with Crippen molar-refractivity contribution < 1.29 is 17.6 Å². The van der Waals surface area contributed by atoms with E-state index in [1.165, 1.54) is 16.4 Å². The van der Waals surface area contributed by atoms with Crippen molar-refractivity contribution in [3.8, 4) is 0 Å². The van der Waals surface area contributed by atoms with Crippen molar-refractivity contribution >= 4 is 15.8 Å². The van der Waals surface area contributed by atoms with Gasteiger partial charge in [-0.25, -0.2) is 12.8 Å². The number of hydrogen-bond donors (Lipinski definition) is 0. The van der Waals surface area contributed by atoms with E-state index in [9.17, 15) is 17.6 Å². The zero-order chi connectivity index (χ0) is 22.3. The van der Waals surface area contributed by atoms with Crippen LogP contribution < -0.4 is 0 Å². The molecule has 0 spiro atoms. The number of aromatic nitrogens is 1. The maximum absolute atomic E-state index is 13.1. The van der Waals surface area contributed by atoms with Crippen LogP contribution in [0.3, 0.4) is 0 Å². The van der Waals surface area contributed by atoms with Crippen molar-refractivity contribution in [2.75, 3.05) is 32.7 Å². The molecule has 1 aromatic carbocycles. The van der Waals surface area contributed by atoms with E-state index in [2.05, 4.69) is 25.3 Å². The van der Waals surface area contributed by atoms with E-state index >= 15 is 0 Å². The third kappa shape index (κ3) is 4.50. The molecule has 0 unspecified atom stereocenters. The second kappa shape index (κ2) is 8.24. The van der Waals surface area contributed by atoms with Gasteiger partial charge in [-0.15, -0.1) is 0 Å². The minimum Gasteiger partial charge on any atom is -0.343 e. The number of sulfonamides is 1. The van der Waals surface area contributed by atoms with E-state index in [-0.39, 0.29) is 22.8 Å². The van der Waals surface area contributed by atoms with Gasteiger partial charge in [-0.05, 0) is 65.0 Å². The van der Waals surface area contributed by atoms with Crippen molar-refractivity contribution in [3.05, 3.63) is 53.1 Å². The first-order valence-electron chi connectivity index (χ1n) is 10.1. The minimum absolute atomic E-state index is 0.0495. The molecule has 8 heteroatoms. The number of ketones is 1. The number of benzene rings is 1. The van der Waals surface area contributed by atoms with E-state index < -0.39 is 15.8 Å². The highest BCUT2D eigenvalue weighted by Crippen LogP contribution is 2.25. The number of carbonyl (C=O) groups excluding carboxylic acids is 1. The molecule has 1 aliphatic rings. The standard InChI is InChI=1S/C22H30FN3O3S/c1-16-14-20(17(2)26(16)22(3,4)5)21(27)15-24-10-12-25(13-11-24)30(28,29)19-8-6-18(23)7-9-19/h6-9,14H,10-13,15H2,1-5H3. The van der Waals surface area contributed by atoms with Crippen LogP contribution in [0.15, 0.2) is 35.2 Å². The molecule has 3 rings (SSSR count). The van der Waals surface area contributed by atoms with E-state index in [4.69, 9.17) is 0 Å². The second-order valence-corrected chi connectivity index (χ2v) is 10.8. The van der Waals surface area contributed by atoms with Crippen molar-refractivity contribution in [1.82, 2.24) is 13.8 Å². The molecule has 0 aliphatic carbocycles. The summed E-state index contributed by atoms with van der Waals surface area (Å²) in [4.78, 5) is 15.0. The van der Waals surface area contributed by atoms with Crippen LogP contribution in [0.2, 0.25) is 0 Å². The number of aryl methyl sites for hydroxylation is 1. The first-order valence-corrected chi connectivity index (χ1v) is 11.6. The van der Waals surface area contributed by atoms with Crippen molar-refractivity contribution in [2.24, 2.45) is 0 Å². The molecule has 2 aromatic rings. The van der Waals surface area contributed by atoms with Gasteiger partial charge in [-0.1, -0.05) is 0 Å². The summed E-state index contributed by atoms with van der Waals surface area (Å²) in [5.41, 5.74) is 2.64. The number of Topliss-reactive ketones (excluding diaryl/α,β-unsaturated/α-hetero) is 1. The van der Waals surface area contributed by atoms with Gasteiger partial charge < -0.3 is 4.57 Å². The Hall–Kier alpha value is -2.03. The largest absolute Gasteiger partial charge is 0.343 e. The van der Waals surface area contributed by atoms with Crippen LogP contribution in [0.5, 0.6) is 0 Å². The summed E-state index contributed by atoms with van der Waals surface area (Å²) < 4.78 is 42.2. The Labute approximate surface area is 178 Å². The van der Waals surface area contributed by atoms with Crippen molar-refractivity contribution in [2.45, 2.75) is 45.1 Å². The summed E-state index contributed by atoms with van der Waals surface area (Å²) in [5.74, 6) is -0.420. The fourth-order valence-corrected chi connectivity index (χ4v) is 5.67. The predicted octanol–water partition coefficient (Wildman–Crippen LogP) is 3.19. The summed E-state index contributed by atoms with van der Waals surface area (Å²) in [6, 6.07) is 6.81. The molecule has 164 valence electrons. The van der Waals surface area contributed by atoms with Gasteiger partial charge in [0.05, 0.1) is 11.4 Å². The smallest absolute Gasteiger partial charge is 0.243 e. The molecule has 1 saturated heterocycles. The molecule has 2 heterocycles. The van der Waals surface area contributed by atoms with Gasteiger partial charge in [0.15, 0.2) is 5.78 Å². The summed E-state index contributed by atoms with van der Waals surface area (Å²) in [6.07, 6.45) is 0. The van der Waals surface area contributed by atoms with Crippen LogP contribution in [0.4, 0.5) is 4.39 Å². The average molecular weight is 436 g/mol. The molecule has 1 fully saturated rings. The van der Waals surface area contributed by atoms with Crippen LogP contribution in [-0.2, 0) is 15.6 Å². The molecule has 0 amide bonds. The lowest BCUT2D eigenvalue weighted by Crippen LogP contribution is -2.49. The van der Waals surface area contributed by atoms with Gasteiger partial charge in [-0.2, -0.15) is 4.31 Å². The molecule has 1 aromatic heterocycles. The Morgan fingerprint density at radius 2 is 1.60 bits per heavy atom. The number of halogens is 1. The molecule has 30 heavy (non-hydrogen) atoms. The van der Waals surface area contributed by atoms with Gasteiger partial charge in [0, 0.05) is 48.7 Å². The van der Waals surface area contributed by atoms with Crippen LogP contribution in [0.1, 0.15) is 42.5 Å². The molecular formula is C22H30FN3O3S. The average Bonchev–Trinajstić information content (AvgIpc) is 2.97. The number of nitrogens with zero attached hydrogens (tertiary/aromatic N) is 3. The Bertz CT molecular complexity index is 1030. The number of piperazine rings is 1. The Morgan fingerprint density at radius 1 is 1.03 bits per heavy atom. The van der Waals surface area contributed by atoms with E-state index in [0.29, 0.717) is 26.2 Å². The number of carbonyl (C=O) groups is 1. The van der Waals surface area contributed by atoms with Gasteiger partial charge in [0.1, 0.15) is 5.82 Å². The third-order valence-electron chi connectivity index (χ3n) is 5.55. The topological polar surface area (TPSA) is 62.6 Å². The van der Waals surface area contributed by atoms with Gasteiger partial charge in [0.2, 0.25) is 10.0 Å². The molecule has 0 saturated carbocycles. The van der Waals surface area contributed by atoms with E-state index in [0.717, 1.165) is 29.1 Å². The van der Waals surface area contributed by atoms with Gasteiger partial charge in [0.25, 0.3) is 0 Å². The first kappa shape index (κ1) is 22.7. The van der Waals surface area contributed by atoms with Crippen LogP contribution >= 0.6 is 0 Å². The Balaban J connectivity index is 1.65. The predicted molar refractivity (Wildman–Crippen MR) is 115 cm³/mol. The fourth-order valence-electron chi connectivity index (χ4n) is 4.25. The SMILES string of the molecule is Cc1cc(C(=O)CN2CCN(S(=O)(=O)c3ccc(F)cc3)CC2)c(C)n1C(C)(C)C.